The Balaban J connectivity index is 1.92. The van der Waals surface area contributed by atoms with Gasteiger partial charge in [0, 0.05) is 17.9 Å². The molecule has 0 fully saturated rings. The number of hydrogen-bond acceptors (Lipinski definition) is 1. The zero-order chi connectivity index (χ0) is 22.7. The van der Waals surface area contributed by atoms with Crippen molar-refractivity contribution >= 4 is 5.97 Å². The molecule has 0 aliphatic heterocycles. The van der Waals surface area contributed by atoms with Gasteiger partial charge in [0.1, 0.15) is 5.41 Å². The molecule has 4 aromatic rings. The van der Waals surface area contributed by atoms with Gasteiger partial charge in [-0.1, -0.05) is 90.5 Å². The summed E-state index contributed by atoms with van der Waals surface area (Å²) in [6, 6.07) is 30.2. The lowest BCUT2D eigenvalue weighted by Gasteiger charge is -2.31. The molecule has 0 spiro atoms. The van der Waals surface area contributed by atoms with Crippen molar-refractivity contribution in [3.63, 3.8) is 0 Å². The molecule has 1 unspecified atom stereocenters. The molecular formula is C29H29NO2. The minimum absolute atomic E-state index is 0.391. The highest BCUT2D eigenvalue weighted by atomic mass is 16.4. The summed E-state index contributed by atoms with van der Waals surface area (Å²) in [4.78, 5) is 13.2. The van der Waals surface area contributed by atoms with Gasteiger partial charge >= 0.3 is 5.97 Å². The van der Waals surface area contributed by atoms with Crippen LogP contribution < -0.4 is 0 Å². The van der Waals surface area contributed by atoms with Crippen molar-refractivity contribution in [2.45, 2.75) is 39.2 Å². The lowest BCUT2D eigenvalue weighted by Crippen LogP contribution is -2.40. The minimum Gasteiger partial charge on any atom is -0.480 e. The minimum atomic E-state index is -1.18. The largest absolute Gasteiger partial charge is 0.480 e. The number of hydrogen-bond donors (Lipinski definition) is 1. The first-order valence-electron chi connectivity index (χ1n) is 11.0. The van der Waals surface area contributed by atoms with E-state index < -0.39 is 11.4 Å². The second-order valence-electron chi connectivity index (χ2n) is 8.60. The quantitative estimate of drug-likeness (QED) is 0.392. The molecule has 1 aromatic heterocycles. The Morgan fingerprint density at radius 2 is 1.44 bits per heavy atom. The number of aliphatic carboxylic acids is 1. The Hall–Kier alpha value is -3.59. The third-order valence-electron chi connectivity index (χ3n) is 6.41. The fourth-order valence-electron chi connectivity index (χ4n) is 4.72. The van der Waals surface area contributed by atoms with Gasteiger partial charge in [-0.15, -0.1) is 0 Å². The maximum absolute atomic E-state index is 13.2. The number of carbonyl (C=O) groups is 1. The van der Waals surface area contributed by atoms with Crippen molar-refractivity contribution in [2.24, 2.45) is 0 Å². The summed E-state index contributed by atoms with van der Waals surface area (Å²) in [5.41, 5.74) is 5.80. The smallest absolute Gasteiger partial charge is 0.319 e. The molecule has 0 aliphatic carbocycles. The summed E-state index contributed by atoms with van der Waals surface area (Å²) in [5, 5.41) is 10.8. The lowest BCUT2D eigenvalue weighted by atomic mass is 9.70. The first kappa shape index (κ1) is 21.6. The van der Waals surface area contributed by atoms with E-state index in [1.807, 2.05) is 86.6 Å². The van der Waals surface area contributed by atoms with E-state index in [9.17, 15) is 9.90 Å². The average molecular weight is 424 g/mol. The fourth-order valence-corrected chi connectivity index (χ4v) is 4.72. The molecule has 1 N–H and O–H groups in total. The number of nitrogens with zero attached hydrogens (tertiary/aromatic N) is 1. The molecule has 162 valence electrons. The van der Waals surface area contributed by atoms with Crippen LogP contribution in [-0.4, -0.2) is 15.6 Å². The van der Waals surface area contributed by atoms with Crippen LogP contribution in [0.4, 0.5) is 0 Å². The highest BCUT2D eigenvalue weighted by molar-refractivity contribution is 5.87. The van der Waals surface area contributed by atoms with E-state index in [0.29, 0.717) is 13.0 Å². The summed E-state index contributed by atoms with van der Waals surface area (Å²) in [6.45, 7) is 6.83. The molecule has 3 aromatic carbocycles. The molecule has 0 radical (unpaired) electrons. The van der Waals surface area contributed by atoms with E-state index in [1.54, 1.807) is 0 Å². The molecule has 3 nitrogen and oxygen atoms in total. The Morgan fingerprint density at radius 3 is 2.03 bits per heavy atom. The lowest BCUT2D eigenvalue weighted by molar-refractivity contribution is -0.142. The van der Waals surface area contributed by atoms with Crippen LogP contribution in [0.1, 0.15) is 39.2 Å². The van der Waals surface area contributed by atoms with Crippen LogP contribution in [0, 0.1) is 20.8 Å². The van der Waals surface area contributed by atoms with Crippen LogP contribution in [0.25, 0.3) is 0 Å². The predicted octanol–water partition coefficient (Wildman–Crippen LogP) is 6.08. The number of benzene rings is 3. The van der Waals surface area contributed by atoms with Crippen molar-refractivity contribution in [3.05, 3.63) is 130 Å². The predicted molar refractivity (Wildman–Crippen MR) is 129 cm³/mol. The molecule has 4 rings (SSSR count). The Labute approximate surface area is 190 Å². The van der Waals surface area contributed by atoms with Crippen molar-refractivity contribution < 1.29 is 9.90 Å². The van der Waals surface area contributed by atoms with E-state index in [4.69, 9.17) is 0 Å². The van der Waals surface area contributed by atoms with Gasteiger partial charge in [0.05, 0.1) is 0 Å². The topological polar surface area (TPSA) is 42.2 Å². The number of rotatable bonds is 7. The molecule has 3 heteroatoms. The van der Waals surface area contributed by atoms with Gasteiger partial charge in [-0.3, -0.25) is 4.79 Å². The summed E-state index contributed by atoms with van der Waals surface area (Å²) in [6.07, 6.45) is 0.391. The standard InChI is InChI=1S/C29H29NO2/c1-21-11-10-16-26(17-21)29(28(31)32,19-24-12-6-4-7-13-24)27-18-22(2)30(23(27)3)20-25-14-8-5-9-15-25/h4-18H,19-20H2,1-3H3,(H,31,32). The third-order valence-corrected chi connectivity index (χ3v) is 6.41. The van der Waals surface area contributed by atoms with Crippen LogP contribution >= 0.6 is 0 Å². The Morgan fingerprint density at radius 1 is 0.812 bits per heavy atom. The van der Waals surface area contributed by atoms with Crippen LogP contribution in [0.3, 0.4) is 0 Å². The first-order valence-corrected chi connectivity index (χ1v) is 11.0. The van der Waals surface area contributed by atoms with Gasteiger partial charge in [0.2, 0.25) is 0 Å². The van der Waals surface area contributed by atoms with Gasteiger partial charge in [-0.2, -0.15) is 0 Å². The van der Waals surface area contributed by atoms with Crippen molar-refractivity contribution in [1.82, 2.24) is 4.57 Å². The molecule has 1 heterocycles. The number of carboxylic acid groups (broad SMARTS) is 1. The second-order valence-corrected chi connectivity index (χ2v) is 8.60. The zero-order valence-corrected chi connectivity index (χ0v) is 18.9. The molecule has 1 atom stereocenters. The molecule has 0 saturated heterocycles. The molecule has 0 amide bonds. The zero-order valence-electron chi connectivity index (χ0n) is 18.9. The van der Waals surface area contributed by atoms with E-state index in [2.05, 4.69) is 29.7 Å². The number of aryl methyl sites for hydroxylation is 2. The third kappa shape index (κ3) is 3.99. The summed E-state index contributed by atoms with van der Waals surface area (Å²) in [5.74, 6) is -0.827. The summed E-state index contributed by atoms with van der Waals surface area (Å²) < 4.78 is 2.23. The van der Waals surface area contributed by atoms with Gasteiger partial charge in [-0.05, 0) is 55.5 Å². The van der Waals surface area contributed by atoms with Crippen LogP contribution in [0.5, 0.6) is 0 Å². The second kappa shape index (κ2) is 8.88. The van der Waals surface area contributed by atoms with Gasteiger partial charge in [-0.25, -0.2) is 0 Å². The average Bonchev–Trinajstić information content (AvgIpc) is 3.07. The van der Waals surface area contributed by atoms with Crippen LogP contribution in [0.2, 0.25) is 0 Å². The van der Waals surface area contributed by atoms with Crippen LogP contribution in [0.15, 0.2) is 91.0 Å². The highest BCUT2D eigenvalue weighted by Gasteiger charge is 2.44. The van der Waals surface area contributed by atoms with E-state index in [1.165, 1.54) is 5.56 Å². The first-order chi connectivity index (χ1) is 15.4. The van der Waals surface area contributed by atoms with E-state index >= 15 is 0 Å². The summed E-state index contributed by atoms with van der Waals surface area (Å²) in [7, 11) is 0. The molecule has 0 bridgehead atoms. The monoisotopic (exact) mass is 423 g/mol. The maximum Gasteiger partial charge on any atom is 0.319 e. The Kier molecular flexibility index (Phi) is 6.00. The SMILES string of the molecule is Cc1cccc(C(Cc2ccccc2)(C(=O)O)c2cc(C)n(Cc3ccccc3)c2C)c1. The maximum atomic E-state index is 13.2. The van der Waals surface area contributed by atoms with E-state index in [0.717, 1.165) is 33.6 Å². The molecule has 32 heavy (non-hydrogen) atoms. The fraction of sp³-hybridized carbons (Fsp3) is 0.207. The van der Waals surface area contributed by atoms with Gasteiger partial charge < -0.3 is 9.67 Å². The van der Waals surface area contributed by atoms with Crippen molar-refractivity contribution in [1.29, 1.82) is 0 Å². The summed E-state index contributed by atoms with van der Waals surface area (Å²) >= 11 is 0. The van der Waals surface area contributed by atoms with Crippen molar-refractivity contribution in [2.75, 3.05) is 0 Å². The normalized spacial score (nSPS) is 13.0. The van der Waals surface area contributed by atoms with Crippen LogP contribution in [-0.2, 0) is 23.2 Å². The van der Waals surface area contributed by atoms with Crippen molar-refractivity contribution in [3.8, 4) is 0 Å². The molecule has 0 aliphatic rings. The highest BCUT2D eigenvalue weighted by Crippen LogP contribution is 2.40. The molecule has 0 saturated carbocycles. The number of carboxylic acids is 1. The Bertz CT molecular complexity index is 1220. The number of aromatic nitrogens is 1. The van der Waals surface area contributed by atoms with E-state index in [-0.39, 0.29) is 0 Å². The van der Waals surface area contributed by atoms with Gasteiger partial charge in [0.25, 0.3) is 0 Å². The molecular weight excluding hydrogens is 394 g/mol. The van der Waals surface area contributed by atoms with Gasteiger partial charge in [0.15, 0.2) is 0 Å².